The van der Waals surface area contributed by atoms with Crippen LogP contribution in [0, 0.1) is 0 Å². The molecule has 0 unspecified atom stereocenters. The monoisotopic (exact) mass is 424 g/mol. The Kier molecular flexibility index (Phi) is 7.10. The lowest BCUT2D eigenvalue weighted by Gasteiger charge is -2.36. The highest BCUT2D eigenvalue weighted by Gasteiger charge is 2.20. The minimum atomic E-state index is 0.736. The van der Waals surface area contributed by atoms with Gasteiger partial charge in [-0.3, -0.25) is 9.89 Å². The number of hydrogen-bond donors (Lipinski definition) is 1. The Morgan fingerprint density at radius 2 is 1.97 bits per heavy atom. The van der Waals surface area contributed by atoms with Gasteiger partial charge in [0.2, 0.25) is 0 Å². The molecule has 3 aromatic rings. The van der Waals surface area contributed by atoms with Crippen molar-refractivity contribution in [1.29, 1.82) is 0 Å². The molecule has 0 bridgehead atoms. The van der Waals surface area contributed by atoms with Gasteiger partial charge in [-0.25, -0.2) is 4.98 Å². The van der Waals surface area contributed by atoms with E-state index in [2.05, 4.69) is 56.8 Å². The van der Waals surface area contributed by atoms with Crippen LogP contribution >= 0.6 is 11.3 Å². The highest BCUT2D eigenvalue weighted by atomic mass is 32.1. The summed E-state index contributed by atoms with van der Waals surface area (Å²) in [5.41, 5.74) is 3.27. The Balaban J connectivity index is 1.29. The molecular weight excluding hydrogens is 396 g/mol. The zero-order chi connectivity index (χ0) is 20.6. The largest absolute Gasteiger partial charge is 0.364 e. The summed E-state index contributed by atoms with van der Waals surface area (Å²) >= 11 is 1.70. The number of nitrogens with one attached hydrogen (secondary N) is 1. The smallest absolute Gasteiger partial charge is 0.194 e. The SMILES string of the molecule is CCNC(=NCCc1csc(-c2ccccc2)n1)N1CCN(Cc2ccon2)CC1. The third kappa shape index (κ3) is 5.46. The lowest BCUT2D eigenvalue weighted by molar-refractivity contribution is 0.169. The van der Waals surface area contributed by atoms with Crippen molar-refractivity contribution in [2.24, 2.45) is 4.99 Å². The minimum Gasteiger partial charge on any atom is -0.364 e. The second-order valence-corrected chi connectivity index (χ2v) is 8.11. The fraction of sp³-hybridized carbons (Fsp3) is 0.409. The molecule has 3 heterocycles. The average Bonchev–Trinajstić information content (AvgIpc) is 3.47. The van der Waals surface area contributed by atoms with E-state index >= 15 is 0 Å². The Morgan fingerprint density at radius 3 is 2.70 bits per heavy atom. The fourth-order valence-corrected chi connectivity index (χ4v) is 4.36. The molecular formula is C22H28N6OS. The van der Waals surface area contributed by atoms with Gasteiger partial charge in [0.25, 0.3) is 0 Å². The van der Waals surface area contributed by atoms with E-state index in [-0.39, 0.29) is 0 Å². The Labute approximate surface area is 181 Å². The maximum absolute atomic E-state index is 4.93. The van der Waals surface area contributed by atoms with Crippen LogP contribution < -0.4 is 5.32 Å². The summed E-state index contributed by atoms with van der Waals surface area (Å²) in [6.45, 7) is 8.45. The first-order chi connectivity index (χ1) is 14.8. The summed E-state index contributed by atoms with van der Waals surface area (Å²) in [6.07, 6.45) is 2.48. The molecule has 1 aromatic carbocycles. The van der Waals surface area contributed by atoms with E-state index in [1.165, 1.54) is 5.56 Å². The molecule has 1 aliphatic rings. The van der Waals surface area contributed by atoms with Crippen LogP contribution in [0.1, 0.15) is 18.3 Å². The molecule has 30 heavy (non-hydrogen) atoms. The molecule has 0 radical (unpaired) electrons. The van der Waals surface area contributed by atoms with Crippen LogP contribution in [-0.2, 0) is 13.0 Å². The summed E-state index contributed by atoms with van der Waals surface area (Å²) in [6, 6.07) is 12.3. The van der Waals surface area contributed by atoms with Crippen molar-refractivity contribution in [3.05, 3.63) is 59.4 Å². The molecule has 0 amide bonds. The Morgan fingerprint density at radius 1 is 1.13 bits per heavy atom. The van der Waals surface area contributed by atoms with E-state index in [1.54, 1.807) is 17.6 Å². The van der Waals surface area contributed by atoms with Crippen LogP contribution in [0.2, 0.25) is 0 Å². The number of nitrogens with zero attached hydrogens (tertiary/aromatic N) is 5. The molecule has 2 aromatic heterocycles. The standard InChI is InChI=1S/C22H28N6OS/c1-2-23-22(28-13-11-27(12-14-28)16-19-9-15-29-26-19)24-10-8-20-17-30-21(25-20)18-6-4-3-5-7-18/h3-7,9,15,17H,2,8,10-14,16H2,1H3,(H,23,24). The van der Waals surface area contributed by atoms with Crippen LogP contribution in [0.4, 0.5) is 0 Å². The van der Waals surface area contributed by atoms with Crippen molar-refractivity contribution in [2.45, 2.75) is 19.9 Å². The van der Waals surface area contributed by atoms with Crippen molar-refractivity contribution in [3.63, 3.8) is 0 Å². The van der Waals surface area contributed by atoms with Gasteiger partial charge in [0.05, 0.1) is 11.4 Å². The number of rotatable bonds is 7. The van der Waals surface area contributed by atoms with E-state index in [9.17, 15) is 0 Å². The molecule has 1 fully saturated rings. The number of thiazole rings is 1. The maximum Gasteiger partial charge on any atom is 0.194 e. The predicted molar refractivity (Wildman–Crippen MR) is 121 cm³/mol. The molecule has 0 aliphatic carbocycles. The number of aromatic nitrogens is 2. The van der Waals surface area contributed by atoms with Crippen LogP contribution in [0.15, 0.2) is 57.6 Å². The first-order valence-electron chi connectivity index (χ1n) is 10.5. The van der Waals surface area contributed by atoms with Crippen molar-refractivity contribution in [3.8, 4) is 10.6 Å². The molecule has 4 rings (SSSR count). The van der Waals surface area contributed by atoms with Gasteiger partial charge >= 0.3 is 0 Å². The van der Waals surface area contributed by atoms with Crippen LogP contribution in [0.3, 0.4) is 0 Å². The molecule has 8 heteroatoms. The van der Waals surface area contributed by atoms with Gasteiger partial charge in [-0.2, -0.15) is 0 Å². The van der Waals surface area contributed by atoms with E-state index in [0.29, 0.717) is 0 Å². The Hall–Kier alpha value is -2.71. The normalized spacial score (nSPS) is 15.5. The number of hydrogen-bond acceptors (Lipinski definition) is 6. The molecule has 1 saturated heterocycles. The topological polar surface area (TPSA) is 69.8 Å². The van der Waals surface area contributed by atoms with E-state index in [4.69, 9.17) is 14.5 Å². The average molecular weight is 425 g/mol. The van der Waals surface area contributed by atoms with Crippen molar-refractivity contribution in [1.82, 2.24) is 25.3 Å². The van der Waals surface area contributed by atoms with Gasteiger partial charge < -0.3 is 14.7 Å². The number of aliphatic imine (C=N–C) groups is 1. The molecule has 0 saturated carbocycles. The highest BCUT2D eigenvalue weighted by molar-refractivity contribution is 7.13. The fourth-order valence-electron chi connectivity index (χ4n) is 3.50. The summed E-state index contributed by atoms with van der Waals surface area (Å²) < 4.78 is 4.93. The molecule has 7 nitrogen and oxygen atoms in total. The number of benzene rings is 1. The second-order valence-electron chi connectivity index (χ2n) is 7.25. The summed E-state index contributed by atoms with van der Waals surface area (Å²) in [7, 11) is 0. The first-order valence-corrected chi connectivity index (χ1v) is 11.3. The number of piperazine rings is 1. The quantitative estimate of drug-likeness (QED) is 0.464. The van der Waals surface area contributed by atoms with E-state index in [1.807, 2.05) is 12.1 Å². The third-order valence-corrected chi connectivity index (χ3v) is 6.03. The first kappa shape index (κ1) is 20.6. The van der Waals surface area contributed by atoms with E-state index < -0.39 is 0 Å². The van der Waals surface area contributed by atoms with Crippen molar-refractivity contribution < 1.29 is 4.52 Å². The minimum absolute atomic E-state index is 0.736. The summed E-state index contributed by atoms with van der Waals surface area (Å²) in [5, 5.41) is 10.7. The van der Waals surface area contributed by atoms with Gasteiger partial charge in [-0.1, -0.05) is 35.5 Å². The highest BCUT2D eigenvalue weighted by Crippen LogP contribution is 2.23. The zero-order valence-corrected chi connectivity index (χ0v) is 18.1. The maximum atomic E-state index is 4.93. The van der Waals surface area contributed by atoms with E-state index in [0.717, 1.165) is 74.6 Å². The van der Waals surface area contributed by atoms with Crippen molar-refractivity contribution in [2.75, 3.05) is 39.3 Å². The van der Waals surface area contributed by atoms with Gasteiger partial charge in [0.15, 0.2) is 5.96 Å². The molecule has 1 aliphatic heterocycles. The summed E-state index contributed by atoms with van der Waals surface area (Å²) in [5.74, 6) is 0.997. The van der Waals surface area contributed by atoms with Gasteiger partial charge in [-0.05, 0) is 6.92 Å². The predicted octanol–water partition coefficient (Wildman–Crippen LogP) is 3.12. The molecule has 0 spiro atoms. The van der Waals surface area contributed by atoms with Gasteiger partial charge in [0.1, 0.15) is 11.3 Å². The molecule has 0 atom stereocenters. The second kappa shape index (κ2) is 10.4. The van der Waals surface area contributed by atoms with Crippen LogP contribution in [0.5, 0.6) is 0 Å². The molecule has 1 N–H and O–H groups in total. The lowest BCUT2D eigenvalue weighted by Crippen LogP contribution is -2.52. The number of guanidine groups is 1. The van der Waals surface area contributed by atoms with Gasteiger partial charge in [0, 0.05) is 69.2 Å². The molecule has 158 valence electrons. The Bertz CT molecular complexity index is 916. The van der Waals surface area contributed by atoms with Crippen molar-refractivity contribution >= 4 is 17.3 Å². The zero-order valence-electron chi connectivity index (χ0n) is 17.3. The summed E-state index contributed by atoms with van der Waals surface area (Å²) in [4.78, 5) is 14.4. The van der Waals surface area contributed by atoms with Gasteiger partial charge in [-0.15, -0.1) is 11.3 Å². The van der Waals surface area contributed by atoms with Crippen LogP contribution in [-0.4, -0.2) is 65.2 Å². The van der Waals surface area contributed by atoms with Crippen LogP contribution in [0.25, 0.3) is 10.6 Å². The lowest BCUT2D eigenvalue weighted by atomic mass is 10.2. The third-order valence-electron chi connectivity index (χ3n) is 5.09.